The van der Waals surface area contributed by atoms with Gasteiger partial charge in [-0.05, 0) is 38.5 Å². The van der Waals surface area contributed by atoms with Crippen molar-refractivity contribution < 1.29 is 9.84 Å². The van der Waals surface area contributed by atoms with E-state index in [1.807, 2.05) is 0 Å². The monoisotopic (exact) mass is 255 g/mol. The molecule has 1 heterocycles. The first-order chi connectivity index (χ1) is 8.45. The minimum Gasteiger partial charge on any atom is -0.393 e. The number of rotatable bonds is 2. The number of aliphatic hydroxyl groups excluding tert-OH is 1. The molecule has 1 N–H and O–H groups in total. The van der Waals surface area contributed by atoms with Gasteiger partial charge in [0.25, 0.3) is 0 Å². The van der Waals surface area contributed by atoms with Crippen LogP contribution < -0.4 is 0 Å². The smallest absolute Gasteiger partial charge is 0.0678 e. The summed E-state index contributed by atoms with van der Waals surface area (Å²) in [5, 5.41) is 10.3. The molecule has 0 aromatic carbocycles. The minimum atomic E-state index is -0.114. The Kier molecular flexibility index (Phi) is 4.68. The summed E-state index contributed by atoms with van der Waals surface area (Å²) in [7, 11) is 0. The van der Waals surface area contributed by atoms with E-state index in [0.717, 1.165) is 26.1 Å². The molecular weight excluding hydrogens is 226 g/mol. The summed E-state index contributed by atoms with van der Waals surface area (Å²) in [6.07, 6.45) is 2.77. The average molecular weight is 255 g/mol. The average Bonchev–Trinajstić information content (AvgIpc) is 2.22. The van der Waals surface area contributed by atoms with Gasteiger partial charge in [-0.1, -0.05) is 13.8 Å². The van der Waals surface area contributed by atoms with Crippen molar-refractivity contribution in [2.24, 2.45) is 17.8 Å². The second kappa shape index (κ2) is 5.89. The van der Waals surface area contributed by atoms with Crippen molar-refractivity contribution in [1.82, 2.24) is 4.90 Å². The van der Waals surface area contributed by atoms with E-state index in [9.17, 15) is 5.11 Å². The third-order valence-electron chi connectivity index (χ3n) is 4.61. The molecule has 106 valence electrons. The SMILES string of the molecule is CC1CC(C)C(CN2C[C@@H](C)O[C@@H](C)C2)C(O)C1. The van der Waals surface area contributed by atoms with Gasteiger partial charge in [0.2, 0.25) is 0 Å². The molecule has 18 heavy (non-hydrogen) atoms. The summed E-state index contributed by atoms with van der Waals surface area (Å²) in [6, 6.07) is 0. The van der Waals surface area contributed by atoms with E-state index < -0.39 is 0 Å². The molecule has 1 saturated heterocycles. The normalized spacial score (nSPS) is 47.2. The van der Waals surface area contributed by atoms with Crippen molar-refractivity contribution in [3.63, 3.8) is 0 Å². The Morgan fingerprint density at radius 1 is 1.06 bits per heavy atom. The lowest BCUT2D eigenvalue weighted by Crippen LogP contribution is -2.50. The Bertz CT molecular complexity index is 249. The molecule has 2 rings (SSSR count). The fourth-order valence-corrected chi connectivity index (χ4v) is 3.91. The fourth-order valence-electron chi connectivity index (χ4n) is 3.91. The number of aliphatic hydroxyl groups is 1. The van der Waals surface area contributed by atoms with Gasteiger partial charge in [0.05, 0.1) is 18.3 Å². The standard InChI is InChI=1S/C15H29NO2/c1-10-5-11(2)14(15(17)6-10)9-16-7-12(3)18-13(4)8-16/h10-15,17H,5-9H2,1-4H3/t10?,11?,12-,13+,14?,15?. The van der Waals surface area contributed by atoms with Gasteiger partial charge >= 0.3 is 0 Å². The molecule has 0 aromatic rings. The molecule has 0 aromatic heterocycles. The third kappa shape index (κ3) is 3.46. The number of morpholine rings is 1. The predicted octanol–water partition coefficient (Wildman–Crippen LogP) is 2.14. The quantitative estimate of drug-likeness (QED) is 0.820. The van der Waals surface area contributed by atoms with E-state index in [4.69, 9.17) is 4.74 Å². The van der Waals surface area contributed by atoms with Crippen LogP contribution in [0.5, 0.6) is 0 Å². The molecule has 3 nitrogen and oxygen atoms in total. The van der Waals surface area contributed by atoms with Crippen molar-refractivity contribution in [3.8, 4) is 0 Å². The van der Waals surface area contributed by atoms with Crippen molar-refractivity contribution in [1.29, 1.82) is 0 Å². The van der Waals surface area contributed by atoms with Crippen LogP contribution in [0.15, 0.2) is 0 Å². The van der Waals surface area contributed by atoms with Gasteiger partial charge < -0.3 is 9.84 Å². The minimum absolute atomic E-state index is 0.114. The summed E-state index contributed by atoms with van der Waals surface area (Å²) in [4.78, 5) is 2.49. The largest absolute Gasteiger partial charge is 0.393 e. The molecule has 2 fully saturated rings. The van der Waals surface area contributed by atoms with Gasteiger partial charge in [-0.25, -0.2) is 0 Å². The van der Waals surface area contributed by atoms with Crippen LogP contribution in [-0.2, 0) is 4.74 Å². The lowest BCUT2D eigenvalue weighted by molar-refractivity contribution is -0.0851. The first-order valence-electron chi connectivity index (χ1n) is 7.51. The zero-order valence-electron chi connectivity index (χ0n) is 12.3. The molecule has 0 amide bonds. The number of ether oxygens (including phenoxy) is 1. The van der Waals surface area contributed by atoms with Gasteiger partial charge in [0.1, 0.15) is 0 Å². The van der Waals surface area contributed by atoms with Crippen molar-refractivity contribution in [2.45, 2.75) is 58.8 Å². The summed E-state index contributed by atoms with van der Waals surface area (Å²) >= 11 is 0. The Hall–Kier alpha value is -0.120. The molecule has 1 aliphatic heterocycles. The molecule has 1 aliphatic carbocycles. The zero-order chi connectivity index (χ0) is 13.3. The number of hydrogen-bond acceptors (Lipinski definition) is 3. The van der Waals surface area contributed by atoms with Gasteiger partial charge in [-0.3, -0.25) is 4.90 Å². The molecule has 0 bridgehead atoms. The summed E-state index contributed by atoms with van der Waals surface area (Å²) in [5.41, 5.74) is 0. The Balaban J connectivity index is 1.91. The highest BCUT2D eigenvalue weighted by atomic mass is 16.5. The molecule has 3 heteroatoms. The fraction of sp³-hybridized carbons (Fsp3) is 1.00. The van der Waals surface area contributed by atoms with Crippen LogP contribution >= 0.6 is 0 Å². The number of hydrogen-bond donors (Lipinski definition) is 1. The predicted molar refractivity (Wildman–Crippen MR) is 73.5 cm³/mol. The Morgan fingerprint density at radius 2 is 1.67 bits per heavy atom. The number of nitrogens with zero attached hydrogens (tertiary/aromatic N) is 1. The van der Waals surface area contributed by atoms with E-state index in [2.05, 4.69) is 32.6 Å². The highest BCUT2D eigenvalue weighted by molar-refractivity contribution is 4.86. The van der Waals surface area contributed by atoms with E-state index >= 15 is 0 Å². The van der Waals surface area contributed by atoms with Crippen molar-refractivity contribution >= 4 is 0 Å². The maximum absolute atomic E-state index is 10.3. The Morgan fingerprint density at radius 3 is 2.22 bits per heavy atom. The maximum atomic E-state index is 10.3. The highest BCUT2D eigenvalue weighted by Crippen LogP contribution is 2.34. The second-order valence-electron chi connectivity index (χ2n) is 6.76. The second-order valence-corrected chi connectivity index (χ2v) is 6.76. The Labute approximate surface area is 112 Å². The molecule has 2 aliphatic rings. The maximum Gasteiger partial charge on any atom is 0.0678 e. The topological polar surface area (TPSA) is 32.7 Å². The molecule has 1 saturated carbocycles. The molecular formula is C15H29NO2. The zero-order valence-corrected chi connectivity index (χ0v) is 12.3. The summed E-state index contributed by atoms with van der Waals surface area (Å²) in [6.45, 7) is 11.9. The lowest BCUT2D eigenvalue weighted by Gasteiger charge is -2.42. The van der Waals surface area contributed by atoms with Crippen LogP contribution in [0.3, 0.4) is 0 Å². The third-order valence-corrected chi connectivity index (χ3v) is 4.61. The van der Waals surface area contributed by atoms with Crippen LogP contribution in [0.2, 0.25) is 0 Å². The van der Waals surface area contributed by atoms with E-state index in [-0.39, 0.29) is 6.10 Å². The lowest BCUT2D eigenvalue weighted by atomic mass is 9.73. The van der Waals surface area contributed by atoms with Crippen molar-refractivity contribution in [2.75, 3.05) is 19.6 Å². The van der Waals surface area contributed by atoms with Crippen LogP contribution in [0.1, 0.15) is 40.5 Å². The first kappa shape index (κ1) is 14.3. The molecule has 6 atom stereocenters. The van der Waals surface area contributed by atoms with E-state index in [1.54, 1.807) is 0 Å². The summed E-state index contributed by atoms with van der Waals surface area (Å²) in [5.74, 6) is 1.75. The first-order valence-corrected chi connectivity index (χ1v) is 7.51. The molecule has 4 unspecified atom stereocenters. The van der Waals surface area contributed by atoms with Crippen LogP contribution in [0, 0.1) is 17.8 Å². The van der Waals surface area contributed by atoms with Gasteiger partial charge in [0.15, 0.2) is 0 Å². The molecule has 0 radical (unpaired) electrons. The van der Waals surface area contributed by atoms with Gasteiger partial charge in [-0.2, -0.15) is 0 Å². The van der Waals surface area contributed by atoms with Gasteiger partial charge in [-0.15, -0.1) is 0 Å². The van der Waals surface area contributed by atoms with E-state index in [0.29, 0.717) is 30.0 Å². The summed E-state index contributed by atoms with van der Waals surface area (Å²) < 4.78 is 5.77. The highest BCUT2D eigenvalue weighted by Gasteiger charge is 2.35. The van der Waals surface area contributed by atoms with Crippen LogP contribution in [0.25, 0.3) is 0 Å². The van der Waals surface area contributed by atoms with Gasteiger partial charge in [0, 0.05) is 25.6 Å². The van der Waals surface area contributed by atoms with Crippen molar-refractivity contribution in [3.05, 3.63) is 0 Å². The molecule has 0 spiro atoms. The van der Waals surface area contributed by atoms with E-state index in [1.165, 1.54) is 6.42 Å². The van der Waals surface area contributed by atoms with Crippen LogP contribution in [0.4, 0.5) is 0 Å². The van der Waals surface area contributed by atoms with Crippen LogP contribution in [-0.4, -0.2) is 48.0 Å².